The third-order valence-corrected chi connectivity index (χ3v) is 5.27. The minimum atomic E-state index is -0.916. The van der Waals surface area contributed by atoms with Crippen LogP contribution in [-0.2, 0) is 19.8 Å². The molecule has 0 radical (unpaired) electrons. The van der Waals surface area contributed by atoms with E-state index in [0.717, 1.165) is 18.4 Å². The number of methoxy groups -OCH3 is 1. The second kappa shape index (κ2) is 7.50. The maximum absolute atomic E-state index is 12.7. The van der Waals surface area contributed by atoms with Gasteiger partial charge in [0.25, 0.3) is 0 Å². The highest BCUT2D eigenvalue weighted by atomic mass is 35.5. The van der Waals surface area contributed by atoms with Crippen molar-refractivity contribution in [1.82, 2.24) is 5.32 Å². The minimum Gasteiger partial charge on any atom is -0.465 e. The van der Waals surface area contributed by atoms with Crippen LogP contribution in [0.1, 0.15) is 41.6 Å². The van der Waals surface area contributed by atoms with Crippen molar-refractivity contribution >= 4 is 35.9 Å². The number of nitrogens with two attached hydrogens (primary N) is 1. The summed E-state index contributed by atoms with van der Waals surface area (Å²) in [6.07, 6.45) is 2.50. The highest BCUT2D eigenvalue weighted by Crippen LogP contribution is 2.49. The number of carbonyl (C=O) groups excluding carboxylic acids is 2. The average molecular weight is 389 g/mol. The number of hydrogen-bond donors (Lipinski definition) is 2. The Morgan fingerprint density at radius 1 is 1.24 bits per heavy atom. The SMILES string of the molecule is COC(=O)c1cccc(C2(NC(=O)C3(N)CCOCC3)CC2)c1Cl.Cl. The van der Waals surface area contributed by atoms with Gasteiger partial charge in [0.15, 0.2) is 0 Å². The Balaban J connectivity index is 0.00000225. The molecule has 138 valence electrons. The van der Waals surface area contributed by atoms with E-state index in [4.69, 9.17) is 26.8 Å². The molecule has 1 saturated carbocycles. The van der Waals surface area contributed by atoms with Crippen LogP contribution in [0.15, 0.2) is 18.2 Å². The van der Waals surface area contributed by atoms with Gasteiger partial charge in [-0.2, -0.15) is 0 Å². The predicted molar refractivity (Wildman–Crippen MR) is 96.1 cm³/mol. The number of esters is 1. The van der Waals surface area contributed by atoms with E-state index < -0.39 is 17.0 Å². The monoisotopic (exact) mass is 388 g/mol. The summed E-state index contributed by atoms with van der Waals surface area (Å²) in [6.45, 7) is 0.963. The van der Waals surface area contributed by atoms with Crippen LogP contribution in [0, 0.1) is 0 Å². The molecule has 1 saturated heterocycles. The maximum atomic E-state index is 12.7. The first kappa shape index (κ1) is 20.0. The lowest BCUT2D eigenvalue weighted by atomic mass is 9.89. The molecule has 1 heterocycles. The third kappa shape index (κ3) is 3.77. The van der Waals surface area contributed by atoms with Crippen LogP contribution in [0.2, 0.25) is 5.02 Å². The van der Waals surface area contributed by atoms with Crippen LogP contribution in [0.5, 0.6) is 0 Å². The van der Waals surface area contributed by atoms with E-state index in [1.54, 1.807) is 12.1 Å². The van der Waals surface area contributed by atoms with Gasteiger partial charge >= 0.3 is 5.97 Å². The molecule has 1 aromatic rings. The lowest BCUT2D eigenvalue weighted by molar-refractivity contribution is -0.130. The Labute approximate surface area is 157 Å². The molecule has 2 fully saturated rings. The topological polar surface area (TPSA) is 90.7 Å². The third-order valence-electron chi connectivity index (χ3n) is 4.86. The van der Waals surface area contributed by atoms with E-state index >= 15 is 0 Å². The summed E-state index contributed by atoms with van der Waals surface area (Å²) in [7, 11) is 1.31. The number of ether oxygens (including phenoxy) is 2. The molecule has 6 nitrogen and oxygen atoms in total. The molecule has 0 aromatic heterocycles. The lowest BCUT2D eigenvalue weighted by Crippen LogP contribution is -2.58. The van der Waals surface area contributed by atoms with E-state index in [0.29, 0.717) is 36.6 Å². The molecule has 1 aromatic carbocycles. The lowest BCUT2D eigenvalue weighted by Gasteiger charge is -2.34. The van der Waals surface area contributed by atoms with Crippen molar-refractivity contribution in [2.24, 2.45) is 5.73 Å². The van der Waals surface area contributed by atoms with E-state index in [1.165, 1.54) is 7.11 Å². The van der Waals surface area contributed by atoms with Gasteiger partial charge in [0.2, 0.25) is 5.91 Å². The highest BCUT2D eigenvalue weighted by molar-refractivity contribution is 6.34. The fourth-order valence-electron chi connectivity index (χ4n) is 3.06. The maximum Gasteiger partial charge on any atom is 0.339 e. The van der Waals surface area contributed by atoms with Gasteiger partial charge < -0.3 is 20.5 Å². The Morgan fingerprint density at radius 2 is 1.88 bits per heavy atom. The number of benzene rings is 1. The predicted octanol–water partition coefficient (Wildman–Crippen LogP) is 2.16. The molecule has 0 atom stereocenters. The van der Waals surface area contributed by atoms with Crippen molar-refractivity contribution < 1.29 is 19.1 Å². The van der Waals surface area contributed by atoms with Crippen LogP contribution in [0.25, 0.3) is 0 Å². The minimum absolute atomic E-state index is 0. The zero-order valence-corrected chi connectivity index (χ0v) is 15.5. The summed E-state index contributed by atoms with van der Waals surface area (Å²) >= 11 is 6.41. The molecule has 1 aliphatic heterocycles. The van der Waals surface area contributed by atoms with E-state index in [2.05, 4.69) is 5.32 Å². The van der Waals surface area contributed by atoms with Gasteiger partial charge in [-0.25, -0.2) is 4.79 Å². The van der Waals surface area contributed by atoms with Gasteiger partial charge in [-0.3, -0.25) is 4.79 Å². The first-order chi connectivity index (χ1) is 11.4. The number of carbonyl (C=O) groups is 2. The van der Waals surface area contributed by atoms with Gasteiger partial charge in [0.05, 0.1) is 28.8 Å². The molecular formula is C17H22Cl2N2O4. The Hall–Kier alpha value is -1.34. The number of hydrogen-bond acceptors (Lipinski definition) is 5. The van der Waals surface area contributed by atoms with Crippen LogP contribution < -0.4 is 11.1 Å². The normalized spacial score (nSPS) is 20.1. The van der Waals surface area contributed by atoms with Crippen molar-refractivity contribution in [3.63, 3.8) is 0 Å². The first-order valence-electron chi connectivity index (χ1n) is 7.98. The van der Waals surface area contributed by atoms with Gasteiger partial charge in [0.1, 0.15) is 0 Å². The zero-order chi connectivity index (χ0) is 17.4. The summed E-state index contributed by atoms with van der Waals surface area (Å²) in [5.41, 5.74) is 5.81. The molecule has 25 heavy (non-hydrogen) atoms. The number of halogens is 2. The Morgan fingerprint density at radius 3 is 2.44 bits per heavy atom. The highest BCUT2D eigenvalue weighted by Gasteiger charge is 2.50. The standard InChI is InChI=1S/C17H21ClN2O4.ClH/c1-23-14(21)11-3-2-4-12(13(11)18)17(5-6-17)20-15(22)16(19)7-9-24-10-8-16;/h2-4H,5-10,19H2,1H3,(H,20,22);1H. The number of amides is 1. The Kier molecular flexibility index (Phi) is 5.99. The molecule has 2 aliphatic rings. The molecule has 0 bridgehead atoms. The number of rotatable bonds is 4. The molecule has 0 spiro atoms. The largest absolute Gasteiger partial charge is 0.465 e. The quantitative estimate of drug-likeness (QED) is 0.771. The van der Waals surface area contributed by atoms with E-state index in [-0.39, 0.29) is 18.3 Å². The van der Waals surface area contributed by atoms with Gasteiger partial charge in [-0.1, -0.05) is 23.7 Å². The summed E-state index contributed by atoms with van der Waals surface area (Å²) < 4.78 is 10.0. The fourth-order valence-corrected chi connectivity index (χ4v) is 3.44. The molecule has 1 amide bonds. The van der Waals surface area contributed by atoms with Crippen molar-refractivity contribution in [2.75, 3.05) is 20.3 Å². The average Bonchev–Trinajstić information content (AvgIpc) is 3.35. The molecular weight excluding hydrogens is 367 g/mol. The van der Waals surface area contributed by atoms with Crippen molar-refractivity contribution in [3.8, 4) is 0 Å². The molecule has 0 unspecified atom stereocenters. The molecule has 1 aliphatic carbocycles. The first-order valence-corrected chi connectivity index (χ1v) is 8.36. The van der Waals surface area contributed by atoms with Crippen LogP contribution >= 0.6 is 24.0 Å². The summed E-state index contributed by atoms with van der Waals surface area (Å²) in [5, 5.41) is 3.38. The summed E-state index contributed by atoms with van der Waals surface area (Å²) in [6, 6.07) is 5.18. The second-order valence-corrected chi connectivity index (χ2v) is 6.84. The molecule has 3 N–H and O–H groups in total. The summed E-state index contributed by atoms with van der Waals surface area (Å²) in [4.78, 5) is 24.5. The van der Waals surface area contributed by atoms with Crippen LogP contribution in [0.3, 0.4) is 0 Å². The van der Waals surface area contributed by atoms with E-state index in [1.807, 2.05) is 6.07 Å². The van der Waals surface area contributed by atoms with Gasteiger partial charge in [0, 0.05) is 13.2 Å². The fraction of sp³-hybridized carbons (Fsp3) is 0.529. The van der Waals surface area contributed by atoms with Crippen LogP contribution in [0.4, 0.5) is 0 Å². The molecule has 3 rings (SSSR count). The van der Waals surface area contributed by atoms with Crippen LogP contribution in [-0.4, -0.2) is 37.7 Å². The number of nitrogens with one attached hydrogen (secondary N) is 1. The smallest absolute Gasteiger partial charge is 0.339 e. The van der Waals surface area contributed by atoms with Gasteiger partial charge in [-0.05, 0) is 37.3 Å². The summed E-state index contributed by atoms with van der Waals surface area (Å²) in [5.74, 6) is -0.688. The Bertz CT molecular complexity index is 671. The van der Waals surface area contributed by atoms with Crippen molar-refractivity contribution in [1.29, 1.82) is 0 Å². The van der Waals surface area contributed by atoms with Gasteiger partial charge in [-0.15, -0.1) is 12.4 Å². The molecule has 8 heteroatoms. The zero-order valence-electron chi connectivity index (χ0n) is 14.0. The van der Waals surface area contributed by atoms with Crippen molar-refractivity contribution in [2.45, 2.75) is 36.8 Å². The second-order valence-electron chi connectivity index (χ2n) is 6.46. The van der Waals surface area contributed by atoms with E-state index in [9.17, 15) is 9.59 Å². The van der Waals surface area contributed by atoms with Crippen molar-refractivity contribution in [3.05, 3.63) is 34.3 Å².